The molecule has 0 saturated heterocycles. The zero-order chi connectivity index (χ0) is 15.2. The highest BCUT2D eigenvalue weighted by Gasteiger charge is 2.07. The first kappa shape index (κ1) is 15.4. The predicted octanol–water partition coefficient (Wildman–Crippen LogP) is 5.49. The van der Waals surface area contributed by atoms with Crippen molar-refractivity contribution in [2.24, 2.45) is 15.2 Å². The minimum atomic E-state index is 0.439. The summed E-state index contributed by atoms with van der Waals surface area (Å²) < 4.78 is 0. The van der Waals surface area contributed by atoms with Crippen LogP contribution in [0, 0.1) is 0 Å². The Labute approximate surface area is 133 Å². The molecule has 0 amide bonds. The first-order valence-electron chi connectivity index (χ1n) is 6.20. The molecule has 21 heavy (non-hydrogen) atoms. The number of hydrogen-bond acceptors (Lipinski definition) is 2. The molecule has 0 heterocycles. The predicted molar refractivity (Wildman–Crippen MR) is 89.3 cm³/mol. The van der Waals surface area contributed by atoms with E-state index in [9.17, 15) is 0 Å². The molecule has 0 aliphatic heterocycles. The highest BCUT2D eigenvalue weighted by Crippen LogP contribution is 2.24. The lowest BCUT2D eigenvalue weighted by atomic mass is 10.2. The summed E-state index contributed by atoms with van der Waals surface area (Å²) in [6.07, 6.45) is 0. The van der Waals surface area contributed by atoms with Gasteiger partial charge in [0.2, 0.25) is 0 Å². The monoisotopic (exact) mass is 317 g/mol. The topological polar surface area (TPSA) is 37.1 Å². The Morgan fingerprint density at radius 3 is 1.90 bits per heavy atom. The van der Waals surface area contributed by atoms with Crippen LogP contribution in [0.3, 0.4) is 0 Å². The molecule has 0 unspecified atom stereocenters. The van der Waals surface area contributed by atoms with E-state index in [0.29, 0.717) is 21.6 Å². The van der Waals surface area contributed by atoms with Crippen molar-refractivity contribution in [3.8, 4) is 0 Å². The molecule has 106 valence electrons. The van der Waals surface area contributed by atoms with Crippen LogP contribution in [-0.2, 0) is 0 Å². The average Bonchev–Trinajstić information content (AvgIpc) is 2.49. The third-order valence-corrected chi connectivity index (χ3v) is 3.44. The number of benzene rings is 2. The largest absolute Gasteiger partial charge is 0.268 e. The molecule has 2 aromatic rings. The van der Waals surface area contributed by atoms with E-state index in [1.54, 1.807) is 19.2 Å². The zero-order valence-corrected chi connectivity index (χ0v) is 12.9. The summed E-state index contributed by atoms with van der Waals surface area (Å²) in [5.41, 5.74) is 1.92. The van der Waals surface area contributed by atoms with Crippen LogP contribution in [-0.4, -0.2) is 12.9 Å². The van der Waals surface area contributed by atoms with Crippen LogP contribution in [0.5, 0.6) is 0 Å². The van der Waals surface area contributed by atoms with Gasteiger partial charge in [-0.1, -0.05) is 60.1 Å². The molecular weight excluding hydrogens is 305 g/mol. The van der Waals surface area contributed by atoms with Crippen LogP contribution in [0.2, 0.25) is 10.0 Å². The number of hydrogen-bond donors (Lipinski definition) is 0. The van der Waals surface area contributed by atoms with Gasteiger partial charge in [0.05, 0.1) is 15.7 Å². The van der Waals surface area contributed by atoms with Gasteiger partial charge < -0.3 is 0 Å². The summed E-state index contributed by atoms with van der Waals surface area (Å²) in [5, 5.41) is 9.37. The Bertz CT molecular complexity index is 721. The molecule has 0 spiro atoms. The lowest BCUT2D eigenvalue weighted by molar-refractivity contribution is 1.25. The lowest BCUT2D eigenvalue weighted by Gasteiger charge is -2.04. The minimum Gasteiger partial charge on any atom is -0.268 e. The molecule has 0 aromatic heterocycles. The molecule has 0 bridgehead atoms. The van der Waals surface area contributed by atoms with Crippen molar-refractivity contribution in [1.82, 2.24) is 0 Å². The van der Waals surface area contributed by atoms with E-state index >= 15 is 0 Å². The fourth-order valence-corrected chi connectivity index (χ4v) is 2.18. The Balaban J connectivity index is 2.26. The molecule has 0 fully saturated rings. The van der Waals surface area contributed by atoms with Crippen molar-refractivity contribution < 1.29 is 0 Å². The van der Waals surface area contributed by atoms with Gasteiger partial charge in [-0.3, -0.25) is 4.99 Å². The maximum Gasteiger partial charge on any atom is 0.178 e. The van der Waals surface area contributed by atoms with Gasteiger partial charge in [0, 0.05) is 18.2 Å². The number of rotatable bonds is 3. The summed E-state index contributed by atoms with van der Waals surface area (Å²) in [5.74, 6) is 0.439. The maximum atomic E-state index is 6.13. The van der Waals surface area contributed by atoms with E-state index in [1.807, 2.05) is 36.4 Å². The molecular formula is C16H13Cl2N3. The molecule has 0 radical (unpaired) electrons. The van der Waals surface area contributed by atoms with E-state index in [1.165, 1.54) is 0 Å². The second-order valence-electron chi connectivity index (χ2n) is 4.15. The van der Waals surface area contributed by atoms with Crippen LogP contribution < -0.4 is 0 Å². The normalized spacial score (nSPS) is 11.9. The average molecular weight is 318 g/mol. The van der Waals surface area contributed by atoms with E-state index in [2.05, 4.69) is 21.8 Å². The van der Waals surface area contributed by atoms with Gasteiger partial charge in [-0.15, -0.1) is 10.2 Å². The van der Waals surface area contributed by atoms with Crippen LogP contribution in [0.25, 0.3) is 5.70 Å². The third kappa shape index (κ3) is 3.78. The van der Waals surface area contributed by atoms with Crippen LogP contribution >= 0.6 is 23.2 Å². The van der Waals surface area contributed by atoms with Gasteiger partial charge in [0.1, 0.15) is 0 Å². The quantitative estimate of drug-likeness (QED) is 0.407. The summed E-state index contributed by atoms with van der Waals surface area (Å²) in [6.45, 7) is 3.88. The smallest absolute Gasteiger partial charge is 0.178 e. The molecule has 5 heteroatoms. The van der Waals surface area contributed by atoms with E-state index < -0.39 is 0 Å². The van der Waals surface area contributed by atoms with E-state index in [-0.39, 0.29) is 0 Å². The molecule has 3 nitrogen and oxygen atoms in total. The highest BCUT2D eigenvalue weighted by molar-refractivity contribution is 6.34. The molecule has 0 N–H and O–H groups in total. The molecule has 2 rings (SSSR count). The van der Waals surface area contributed by atoms with Crippen molar-refractivity contribution in [1.29, 1.82) is 0 Å². The number of azo groups is 1. The van der Waals surface area contributed by atoms with E-state index in [0.717, 1.165) is 11.1 Å². The van der Waals surface area contributed by atoms with Gasteiger partial charge in [-0.05, 0) is 18.2 Å². The lowest BCUT2D eigenvalue weighted by Crippen LogP contribution is -1.97. The summed E-state index contributed by atoms with van der Waals surface area (Å²) in [4.78, 5) is 4.10. The summed E-state index contributed by atoms with van der Waals surface area (Å²) in [7, 11) is 1.63. The van der Waals surface area contributed by atoms with Crippen LogP contribution in [0.15, 0.2) is 70.3 Å². The molecule has 0 saturated carbocycles. The summed E-state index contributed by atoms with van der Waals surface area (Å²) in [6, 6.07) is 14.7. The highest BCUT2D eigenvalue weighted by atomic mass is 35.5. The standard InChI is InChI=1S/C16H13Cl2N3/c1-11(12-7-3-5-9-14(12)17)20-21-16(19-2)13-8-4-6-10-15(13)18/h3-10H,1H2,2H3. The van der Waals surface area contributed by atoms with E-state index in [4.69, 9.17) is 23.2 Å². The first-order chi connectivity index (χ1) is 10.1. The Morgan fingerprint density at radius 2 is 1.38 bits per heavy atom. The fourth-order valence-electron chi connectivity index (χ4n) is 1.72. The Kier molecular flexibility index (Phi) is 5.26. The Morgan fingerprint density at radius 1 is 0.857 bits per heavy atom. The van der Waals surface area contributed by atoms with Crippen molar-refractivity contribution in [2.75, 3.05) is 7.05 Å². The molecule has 0 atom stereocenters. The van der Waals surface area contributed by atoms with Gasteiger partial charge in [0.15, 0.2) is 5.84 Å². The second-order valence-corrected chi connectivity index (χ2v) is 4.97. The number of halogens is 2. The first-order valence-corrected chi connectivity index (χ1v) is 6.96. The Hall–Kier alpha value is -1.97. The molecule has 0 aliphatic rings. The van der Waals surface area contributed by atoms with Gasteiger partial charge >= 0.3 is 0 Å². The summed E-state index contributed by atoms with van der Waals surface area (Å²) >= 11 is 12.2. The van der Waals surface area contributed by atoms with Crippen LogP contribution in [0.4, 0.5) is 0 Å². The van der Waals surface area contributed by atoms with Crippen molar-refractivity contribution in [3.63, 3.8) is 0 Å². The number of aliphatic imine (C=N–C) groups is 1. The van der Waals surface area contributed by atoms with Gasteiger partial charge in [0.25, 0.3) is 0 Å². The molecule has 0 aliphatic carbocycles. The van der Waals surface area contributed by atoms with Gasteiger partial charge in [-0.2, -0.15) is 0 Å². The third-order valence-electron chi connectivity index (χ3n) is 2.78. The van der Waals surface area contributed by atoms with Crippen molar-refractivity contribution >= 4 is 34.7 Å². The fraction of sp³-hybridized carbons (Fsp3) is 0.0625. The SMILES string of the molecule is C=C(N=NC(=NC)c1ccccc1Cl)c1ccccc1Cl. The van der Waals surface area contributed by atoms with Crippen LogP contribution in [0.1, 0.15) is 11.1 Å². The van der Waals surface area contributed by atoms with Crippen molar-refractivity contribution in [3.05, 3.63) is 76.3 Å². The molecule has 2 aromatic carbocycles. The number of amidine groups is 1. The zero-order valence-electron chi connectivity index (χ0n) is 11.4. The minimum absolute atomic E-state index is 0.439. The van der Waals surface area contributed by atoms with Gasteiger partial charge in [-0.25, -0.2) is 0 Å². The second kappa shape index (κ2) is 7.16. The number of nitrogens with zero attached hydrogens (tertiary/aromatic N) is 3. The maximum absolute atomic E-state index is 6.13. The van der Waals surface area contributed by atoms with Crippen molar-refractivity contribution in [2.45, 2.75) is 0 Å².